The summed E-state index contributed by atoms with van der Waals surface area (Å²) in [6, 6.07) is -7.25. The number of ketones is 1. The second kappa shape index (κ2) is 19.6. The Morgan fingerprint density at radius 1 is 0.714 bits per heavy atom. The van der Waals surface area contributed by atoms with Gasteiger partial charge in [0, 0.05) is 25.0 Å². The van der Waals surface area contributed by atoms with Crippen molar-refractivity contribution in [3.63, 3.8) is 0 Å². The molecule has 0 aliphatic carbocycles. The SMILES string of the molecule is N[C@@H](CCC(=O)CC[C@H](NC(=O)N[C@@H](CCC(=O)O)OC=O)C(=O)O)C(=O)N[C@@H](CC(=O)O)C(=O)N[C@@H](CS)C(=O)O. The number of hydrogen-bond donors (Lipinski definition) is 10. The minimum Gasteiger partial charge on any atom is -0.481 e. The van der Waals surface area contributed by atoms with E-state index < -0.39 is 97.2 Å². The summed E-state index contributed by atoms with van der Waals surface area (Å²) in [4.78, 5) is 104. The van der Waals surface area contributed by atoms with Crippen LogP contribution in [0.15, 0.2) is 0 Å². The molecule has 0 saturated heterocycles. The van der Waals surface area contributed by atoms with Gasteiger partial charge in [-0.25, -0.2) is 14.4 Å². The molecular formula is C22H33N5O14S. The molecule has 5 atom stereocenters. The average molecular weight is 624 g/mol. The van der Waals surface area contributed by atoms with E-state index in [-0.39, 0.29) is 37.9 Å². The van der Waals surface area contributed by atoms with Gasteiger partial charge >= 0.3 is 29.9 Å². The highest BCUT2D eigenvalue weighted by Crippen LogP contribution is 2.07. The van der Waals surface area contributed by atoms with Gasteiger partial charge in [-0.3, -0.25) is 28.8 Å². The predicted octanol–water partition coefficient (Wildman–Crippen LogP) is -2.98. The largest absolute Gasteiger partial charge is 0.481 e. The van der Waals surface area contributed by atoms with Crippen molar-refractivity contribution in [3.05, 3.63) is 0 Å². The van der Waals surface area contributed by atoms with Crippen LogP contribution in [0.5, 0.6) is 0 Å². The number of ether oxygens (including phenoxy) is 1. The molecule has 4 amide bonds. The number of carboxylic acids is 4. The van der Waals surface area contributed by atoms with Crippen LogP contribution in [0, 0.1) is 0 Å². The molecule has 0 fully saturated rings. The summed E-state index contributed by atoms with van der Waals surface area (Å²) in [7, 11) is 0. The van der Waals surface area contributed by atoms with E-state index in [1.165, 1.54) is 0 Å². The van der Waals surface area contributed by atoms with Crippen molar-refractivity contribution in [1.29, 1.82) is 0 Å². The first kappa shape index (κ1) is 37.5. The number of urea groups is 1. The Hall–Kier alpha value is -4.46. The van der Waals surface area contributed by atoms with E-state index in [4.69, 9.17) is 21.1 Å². The number of thiol groups is 1. The normalized spacial score (nSPS) is 14.0. The number of carbonyl (C=O) groups is 9. The van der Waals surface area contributed by atoms with Crippen LogP contribution < -0.4 is 27.0 Å². The third-order valence-corrected chi connectivity index (χ3v) is 5.69. The number of carbonyl (C=O) groups excluding carboxylic acids is 5. The lowest BCUT2D eigenvalue weighted by molar-refractivity contribution is -0.143. The summed E-state index contributed by atoms with van der Waals surface area (Å²) in [6.45, 7) is -0.0371. The van der Waals surface area contributed by atoms with Gasteiger partial charge in [0.05, 0.1) is 18.9 Å². The van der Waals surface area contributed by atoms with Gasteiger partial charge in [0.1, 0.15) is 23.9 Å². The maximum Gasteiger partial charge on any atom is 0.327 e. The van der Waals surface area contributed by atoms with Gasteiger partial charge in [-0.1, -0.05) is 0 Å². The van der Waals surface area contributed by atoms with E-state index in [1.54, 1.807) is 0 Å². The van der Waals surface area contributed by atoms with E-state index in [1.807, 2.05) is 10.6 Å². The fourth-order valence-electron chi connectivity index (χ4n) is 3.10. The topological polar surface area (TPSA) is 318 Å². The highest BCUT2D eigenvalue weighted by molar-refractivity contribution is 7.80. The minimum absolute atomic E-state index is 0.0371. The first-order valence-electron chi connectivity index (χ1n) is 12.1. The molecule has 236 valence electrons. The van der Waals surface area contributed by atoms with Gasteiger partial charge < -0.3 is 52.2 Å². The van der Waals surface area contributed by atoms with Crippen LogP contribution in [0.2, 0.25) is 0 Å². The van der Waals surface area contributed by atoms with Crippen molar-refractivity contribution in [2.75, 3.05) is 5.75 Å². The number of carboxylic acid groups (broad SMARTS) is 4. The second-order valence-electron chi connectivity index (χ2n) is 8.63. The van der Waals surface area contributed by atoms with Crippen LogP contribution in [-0.2, 0) is 43.1 Å². The summed E-state index contributed by atoms with van der Waals surface area (Å²) in [5.41, 5.74) is 5.72. The summed E-state index contributed by atoms with van der Waals surface area (Å²) in [5, 5.41) is 44.3. The van der Waals surface area contributed by atoms with E-state index >= 15 is 0 Å². The standard InChI is InChI=1S/C22H33N5O14S/c23-11(18(34)24-13(7-17(32)33)19(35)25-14(8-42)21(38)39)3-1-10(29)2-4-12(20(36)37)26-22(40)27-15(41-9-28)5-6-16(30)31/h9,11-15,42H,1-8,23H2,(H,24,34)(H,25,35)(H,30,31)(H,32,33)(H,36,37)(H,38,39)(H2,26,27,40)/t11-,12-,13-,14-,15+/m0/s1. The second-order valence-corrected chi connectivity index (χ2v) is 8.99. The summed E-state index contributed by atoms with van der Waals surface area (Å²) >= 11 is 3.77. The molecular weight excluding hydrogens is 590 g/mol. The van der Waals surface area contributed by atoms with Gasteiger partial charge in [-0.2, -0.15) is 12.6 Å². The number of aliphatic carboxylic acids is 4. The lowest BCUT2D eigenvalue weighted by Gasteiger charge is -2.21. The molecule has 10 N–H and O–H groups in total. The molecule has 0 unspecified atom stereocenters. The zero-order valence-electron chi connectivity index (χ0n) is 22.0. The first-order valence-corrected chi connectivity index (χ1v) is 12.8. The van der Waals surface area contributed by atoms with Crippen LogP contribution in [0.1, 0.15) is 44.9 Å². The summed E-state index contributed by atoms with van der Waals surface area (Å²) < 4.78 is 4.52. The molecule has 0 heterocycles. The quantitative estimate of drug-likeness (QED) is 0.0327. The third kappa shape index (κ3) is 16.0. The molecule has 0 aromatic heterocycles. The van der Waals surface area contributed by atoms with E-state index in [0.717, 1.165) is 0 Å². The molecule has 0 aliphatic rings. The first-order chi connectivity index (χ1) is 19.6. The Morgan fingerprint density at radius 2 is 1.29 bits per heavy atom. The number of nitrogens with two attached hydrogens (primary N) is 1. The third-order valence-electron chi connectivity index (χ3n) is 5.33. The van der Waals surface area contributed by atoms with Crippen LogP contribution in [0.4, 0.5) is 4.79 Å². The highest BCUT2D eigenvalue weighted by Gasteiger charge is 2.29. The monoisotopic (exact) mass is 623 g/mol. The molecule has 0 aromatic carbocycles. The van der Waals surface area contributed by atoms with Crippen molar-refractivity contribution in [2.45, 2.75) is 75.3 Å². The molecule has 42 heavy (non-hydrogen) atoms. The molecule has 0 radical (unpaired) electrons. The van der Waals surface area contributed by atoms with E-state index in [2.05, 4.69) is 28.0 Å². The Balaban J connectivity index is 4.93. The molecule has 0 spiro atoms. The maximum atomic E-state index is 12.4. The van der Waals surface area contributed by atoms with Gasteiger partial charge in [-0.15, -0.1) is 0 Å². The average Bonchev–Trinajstić information content (AvgIpc) is 2.89. The summed E-state index contributed by atoms with van der Waals surface area (Å²) in [5.74, 6) is -8.69. The smallest absolute Gasteiger partial charge is 0.327 e. The molecule has 0 aromatic rings. The van der Waals surface area contributed by atoms with E-state index in [9.17, 15) is 48.3 Å². The Bertz CT molecular complexity index is 1030. The molecule has 19 nitrogen and oxygen atoms in total. The minimum atomic E-state index is -1.69. The number of hydrogen-bond acceptors (Lipinski definition) is 12. The number of nitrogens with one attached hydrogen (secondary N) is 4. The Labute approximate surface area is 243 Å². The highest BCUT2D eigenvalue weighted by atomic mass is 32.1. The Morgan fingerprint density at radius 3 is 1.79 bits per heavy atom. The van der Waals surface area contributed by atoms with Crippen molar-refractivity contribution < 1.29 is 68.3 Å². The lowest BCUT2D eigenvalue weighted by atomic mass is 10.0. The molecule has 0 aliphatic heterocycles. The van der Waals surface area contributed by atoms with Gasteiger partial charge in [0.15, 0.2) is 6.23 Å². The maximum absolute atomic E-state index is 12.4. The number of Topliss-reactive ketones (excluding diaryl/α,β-unsaturated/α-hetero) is 1. The van der Waals surface area contributed by atoms with Crippen LogP contribution >= 0.6 is 12.6 Å². The van der Waals surface area contributed by atoms with Crippen LogP contribution in [-0.4, -0.2) is 111 Å². The lowest BCUT2D eigenvalue weighted by Crippen LogP contribution is -2.55. The summed E-state index contributed by atoms with van der Waals surface area (Å²) in [6.07, 6.45) is -4.44. The van der Waals surface area contributed by atoms with Crippen molar-refractivity contribution >= 4 is 66.6 Å². The van der Waals surface area contributed by atoms with Gasteiger partial charge in [0.2, 0.25) is 11.8 Å². The Kier molecular flexibility index (Phi) is 17.5. The molecule has 20 heteroatoms. The molecule has 0 bridgehead atoms. The fourth-order valence-corrected chi connectivity index (χ4v) is 3.35. The predicted molar refractivity (Wildman–Crippen MR) is 140 cm³/mol. The van der Waals surface area contributed by atoms with Gasteiger partial charge in [0.25, 0.3) is 6.47 Å². The van der Waals surface area contributed by atoms with Crippen molar-refractivity contribution in [1.82, 2.24) is 21.3 Å². The van der Waals surface area contributed by atoms with Crippen LogP contribution in [0.3, 0.4) is 0 Å². The van der Waals surface area contributed by atoms with E-state index in [0.29, 0.717) is 0 Å². The zero-order valence-corrected chi connectivity index (χ0v) is 22.9. The molecule has 0 rings (SSSR count). The zero-order chi connectivity index (χ0) is 32.4. The number of amides is 4. The van der Waals surface area contributed by atoms with Crippen molar-refractivity contribution in [2.24, 2.45) is 5.73 Å². The van der Waals surface area contributed by atoms with Crippen LogP contribution in [0.25, 0.3) is 0 Å². The fraction of sp³-hybridized carbons (Fsp3) is 0.591. The molecule has 0 saturated carbocycles. The number of rotatable bonds is 22. The van der Waals surface area contributed by atoms with Gasteiger partial charge in [-0.05, 0) is 12.8 Å². The van der Waals surface area contributed by atoms with Crippen molar-refractivity contribution in [3.8, 4) is 0 Å².